The standard InChI is InChI=1S/C12H14ClN2/c1-9(2)8-15-12-5-3-4-10(6-13)11(12)7-14-15/h3-5,7H,6,8H2,1-2H3. The molecule has 0 saturated carbocycles. The summed E-state index contributed by atoms with van der Waals surface area (Å²) in [5.41, 5.74) is 2.31. The molecule has 1 aromatic heterocycles. The van der Waals surface area contributed by atoms with Crippen molar-refractivity contribution in [2.24, 2.45) is 0 Å². The Morgan fingerprint density at radius 3 is 2.87 bits per heavy atom. The first kappa shape index (κ1) is 10.5. The summed E-state index contributed by atoms with van der Waals surface area (Å²) in [5.74, 6) is 1.88. The summed E-state index contributed by atoms with van der Waals surface area (Å²) < 4.78 is 2.01. The molecule has 0 bridgehead atoms. The molecule has 0 aliphatic rings. The van der Waals surface area contributed by atoms with Crippen LogP contribution in [-0.4, -0.2) is 9.78 Å². The van der Waals surface area contributed by atoms with Crippen molar-refractivity contribution in [1.29, 1.82) is 0 Å². The fraction of sp³-hybridized carbons (Fsp3) is 0.333. The van der Waals surface area contributed by atoms with Crippen LogP contribution >= 0.6 is 11.6 Å². The van der Waals surface area contributed by atoms with Gasteiger partial charge in [0.15, 0.2) is 0 Å². The van der Waals surface area contributed by atoms with Gasteiger partial charge in [-0.15, -0.1) is 11.6 Å². The molecule has 0 spiro atoms. The van der Waals surface area contributed by atoms with Gasteiger partial charge in [0, 0.05) is 17.8 Å². The minimum absolute atomic E-state index is 0.540. The highest BCUT2D eigenvalue weighted by molar-refractivity contribution is 6.18. The van der Waals surface area contributed by atoms with Crippen molar-refractivity contribution >= 4 is 22.5 Å². The van der Waals surface area contributed by atoms with Crippen LogP contribution in [0.25, 0.3) is 10.9 Å². The molecule has 0 amide bonds. The molecule has 1 heterocycles. The first-order chi connectivity index (χ1) is 7.22. The fourth-order valence-corrected chi connectivity index (χ4v) is 1.94. The molecular formula is C12H14ClN2. The number of fused-ring (bicyclic) bond motifs is 1. The Bertz CT molecular complexity index is 460. The molecule has 1 radical (unpaired) electrons. The van der Waals surface area contributed by atoms with Crippen LogP contribution in [0.2, 0.25) is 0 Å². The van der Waals surface area contributed by atoms with Crippen molar-refractivity contribution in [3.05, 3.63) is 35.9 Å². The summed E-state index contributed by atoms with van der Waals surface area (Å²) >= 11 is 5.88. The highest BCUT2D eigenvalue weighted by atomic mass is 35.5. The molecule has 2 aromatic rings. The summed E-state index contributed by atoms with van der Waals surface area (Å²) in [4.78, 5) is 0. The zero-order valence-corrected chi connectivity index (χ0v) is 9.75. The molecule has 0 fully saturated rings. The predicted molar refractivity (Wildman–Crippen MR) is 63.9 cm³/mol. The van der Waals surface area contributed by atoms with E-state index in [9.17, 15) is 0 Å². The highest BCUT2D eigenvalue weighted by Gasteiger charge is 2.07. The molecule has 3 heteroatoms. The van der Waals surface area contributed by atoms with Crippen LogP contribution in [0.4, 0.5) is 0 Å². The number of hydrogen-bond acceptors (Lipinski definition) is 1. The van der Waals surface area contributed by atoms with E-state index in [0.717, 1.165) is 23.0 Å². The Balaban J connectivity index is 2.51. The third kappa shape index (κ3) is 2.00. The number of hydrogen-bond donors (Lipinski definition) is 0. The quantitative estimate of drug-likeness (QED) is 0.727. The Morgan fingerprint density at radius 1 is 1.40 bits per heavy atom. The van der Waals surface area contributed by atoms with E-state index in [1.54, 1.807) is 0 Å². The van der Waals surface area contributed by atoms with E-state index in [1.807, 2.05) is 23.0 Å². The maximum Gasteiger partial charge on any atom is 0.0685 e. The second-order valence-electron chi connectivity index (χ2n) is 3.99. The van der Waals surface area contributed by atoms with Gasteiger partial charge >= 0.3 is 0 Å². The molecule has 0 saturated heterocycles. The van der Waals surface area contributed by atoms with Gasteiger partial charge in [-0.05, 0) is 17.5 Å². The van der Waals surface area contributed by atoms with Gasteiger partial charge in [-0.2, -0.15) is 5.10 Å². The van der Waals surface area contributed by atoms with Crippen LogP contribution in [-0.2, 0) is 12.4 Å². The minimum atomic E-state index is 0.540. The summed E-state index contributed by atoms with van der Waals surface area (Å²) in [6.07, 6.45) is 1.90. The van der Waals surface area contributed by atoms with Crippen LogP contribution in [0.15, 0.2) is 24.4 Å². The number of halogens is 1. The summed E-state index contributed by atoms with van der Waals surface area (Å²) in [5, 5.41) is 5.54. The largest absolute Gasteiger partial charge is 0.264 e. The molecule has 0 unspecified atom stereocenters. The second kappa shape index (κ2) is 4.23. The van der Waals surface area contributed by atoms with Crippen LogP contribution < -0.4 is 0 Å². The Morgan fingerprint density at radius 2 is 2.20 bits per heavy atom. The summed E-state index contributed by atoms with van der Waals surface area (Å²) in [6.45, 7) is 5.09. The van der Waals surface area contributed by atoms with Crippen molar-refractivity contribution in [3.8, 4) is 0 Å². The summed E-state index contributed by atoms with van der Waals surface area (Å²) in [7, 11) is 0. The van der Waals surface area contributed by atoms with Crippen LogP contribution in [0.5, 0.6) is 0 Å². The first-order valence-corrected chi connectivity index (χ1v) is 5.54. The van der Waals surface area contributed by atoms with Gasteiger partial charge in [0.1, 0.15) is 0 Å². The molecule has 2 nitrogen and oxygen atoms in total. The lowest BCUT2D eigenvalue weighted by Crippen LogP contribution is -2.03. The third-order valence-corrected chi connectivity index (χ3v) is 2.68. The van der Waals surface area contributed by atoms with E-state index in [4.69, 9.17) is 11.6 Å². The zero-order valence-electron chi connectivity index (χ0n) is 9.00. The molecule has 15 heavy (non-hydrogen) atoms. The van der Waals surface area contributed by atoms with Crippen molar-refractivity contribution < 1.29 is 0 Å². The Hall–Kier alpha value is -1.02. The number of benzene rings is 1. The monoisotopic (exact) mass is 221 g/mol. The van der Waals surface area contributed by atoms with E-state index in [0.29, 0.717) is 5.88 Å². The van der Waals surface area contributed by atoms with E-state index >= 15 is 0 Å². The normalized spacial score (nSPS) is 11.5. The van der Waals surface area contributed by atoms with Crippen LogP contribution in [0.3, 0.4) is 0 Å². The molecule has 0 aliphatic carbocycles. The topological polar surface area (TPSA) is 17.8 Å². The van der Waals surface area contributed by atoms with Gasteiger partial charge in [-0.25, -0.2) is 0 Å². The summed E-state index contributed by atoms with van der Waals surface area (Å²) in [6, 6.07) is 6.16. The fourth-order valence-electron chi connectivity index (χ4n) is 1.71. The molecule has 1 aromatic carbocycles. The van der Waals surface area contributed by atoms with Crippen molar-refractivity contribution in [2.45, 2.75) is 26.3 Å². The van der Waals surface area contributed by atoms with Crippen LogP contribution in [0, 0.1) is 5.92 Å². The predicted octanol–water partition coefficient (Wildman–Crippen LogP) is 3.39. The lowest BCUT2D eigenvalue weighted by molar-refractivity contribution is 0.650. The number of rotatable bonds is 3. The highest BCUT2D eigenvalue weighted by Crippen LogP contribution is 2.20. The van der Waals surface area contributed by atoms with Gasteiger partial charge in [0.05, 0.1) is 11.7 Å². The number of alkyl halides is 1. The average Bonchev–Trinajstić information content (AvgIpc) is 2.61. The Kier molecular flexibility index (Phi) is 2.96. The molecular weight excluding hydrogens is 208 g/mol. The Labute approximate surface area is 94.8 Å². The minimum Gasteiger partial charge on any atom is -0.264 e. The maximum atomic E-state index is 5.88. The molecule has 79 valence electrons. The molecule has 0 aliphatic heterocycles. The second-order valence-corrected chi connectivity index (χ2v) is 4.26. The van der Waals surface area contributed by atoms with Gasteiger partial charge in [0.25, 0.3) is 0 Å². The van der Waals surface area contributed by atoms with E-state index in [-0.39, 0.29) is 0 Å². The van der Waals surface area contributed by atoms with E-state index < -0.39 is 0 Å². The zero-order chi connectivity index (χ0) is 10.8. The average molecular weight is 222 g/mol. The van der Waals surface area contributed by atoms with Crippen molar-refractivity contribution in [3.63, 3.8) is 0 Å². The van der Waals surface area contributed by atoms with Gasteiger partial charge < -0.3 is 0 Å². The van der Waals surface area contributed by atoms with E-state index in [1.165, 1.54) is 5.92 Å². The maximum absolute atomic E-state index is 5.88. The van der Waals surface area contributed by atoms with Gasteiger partial charge in [0.2, 0.25) is 0 Å². The molecule has 2 rings (SSSR count). The van der Waals surface area contributed by atoms with E-state index in [2.05, 4.69) is 25.0 Å². The SMILES string of the molecule is C[C](C)Cn1ncc2c(CCl)cccc21. The van der Waals surface area contributed by atoms with Gasteiger partial charge in [-0.1, -0.05) is 26.0 Å². The number of nitrogens with zero attached hydrogens (tertiary/aromatic N) is 2. The third-order valence-electron chi connectivity index (χ3n) is 2.39. The lowest BCUT2D eigenvalue weighted by atomic mass is 10.1. The van der Waals surface area contributed by atoms with Gasteiger partial charge in [-0.3, -0.25) is 4.68 Å². The van der Waals surface area contributed by atoms with Crippen molar-refractivity contribution in [1.82, 2.24) is 9.78 Å². The lowest BCUT2D eigenvalue weighted by Gasteiger charge is -2.06. The number of aromatic nitrogens is 2. The molecule has 0 N–H and O–H groups in total. The van der Waals surface area contributed by atoms with Crippen molar-refractivity contribution in [2.75, 3.05) is 0 Å². The first-order valence-electron chi connectivity index (χ1n) is 5.01. The molecule has 0 atom stereocenters. The van der Waals surface area contributed by atoms with Crippen LogP contribution in [0.1, 0.15) is 19.4 Å². The smallest absolute Gasteiger partial charge is 0.0685 e.